The van der Waals surface area contributed by atoms with Crippen LogP contribution in [-0.2, 0) is 6.54 Å². The number of rotatable bonds is 6. The van der Waals surface area contributed by atoms with E-state index in [0.717, 1.165) is 6.54 Å². The zero-order valence-corrected chi connectivity index (χ0v) is 10.4. The van der Waals surface area contributed by atoms with Crippen LogP contribution >= 0.6 is 11.3 Å². The lowest BCUT2D eigenvalue weighted by Gasteiger charge is -2.42. The van der Waals surface area contributed by atoms with Crippen LogP contribution < -0.4 is 5.32 Å². The van der Waals surface area contributed by atoms with Gasteiger partial charge in [0.15, 0.2) is 0 Å². The summed E-state index contributed by atoms with van der Waals surface area (Å²) in [6.45, 7) is 4.57. The monoisotopic (exact) mass is 223 g/mol. The summed E-state index contributed by atoms with van der Waals surface area (Å²) in [6.07, 6.45) is 7.07. The van der Waals surface area contributed by atoms with Crippen LogP contribution in [0.5, 0.6) is 0 Å². The van der Waals surface area contributed by atoms with Crippen molar-refractivity contribution in [2.24, 2.45) is 5.41 Å². The minimum absolute atomic E-state index is 0.658. The Labute approximate surface area is 96.9 Å². The van der Waals surface area contributed by atoms with Gasteiger partial charge < -0.3 is 5.32 Å². The third-order valence-electron chi connectivity index (χ3n) is 3.60. The SMILES string of the molecule is CCCC1(CNCc2ccsc2)CCC1. The minimum Gasteiger partial charge on any atom is -0.312 e. The average Bonchev–Trinajstić information content (AvgIpc) is 2.67. The second-order valence-corrected chi connectivity index (χ2v) is 5.62. The Morgan fingerprint density at radius 2 is 2.33 bits per heavy atom. The third-order valence-corrected chi connectivity index (χ3v) is 4.34. The Balaban J connectivity index is 1.72. The van der Waals surface area contributed by atoms with E-state index in [4.69, 9.17) is 0 Å². The van der Waals surface area contributed by atoms with Crippen molar-refractivity contribution in [1.82, 2.24) is 5.32 Å². The predicted molar refractivity (Wildman–Crippen MR) is 67.2 cm³/mol. The molecule has 0 aliphatic heterocycles. The molecule has 1 N–H and O–H groups in total. The largest absolute Gasteiger partial charge is 0.312 e. The van der Waals surface area contributed by atoms with Crippen molar-refractivity contribution in [3.05, 3.63) is 22.4 Å². The van der Waals surface area contributed by atoms with Crippen LogP contribution in [0.25, 0.3) is 0 Å². The van der Waals surface area contributed by atoms with Gasteiger partial charge in [-0.3, -0.25) is 0 Å². The zero-order chi connectivity index (χ0) is 10.6. The smallest absolute Gasteiger partial charge is 0.0213 e. The second kappa shape index (κ2) is 5.13. The van der Waals surface area contributed by atoms with Crippen molar-refractivity contribution >= 4 is 11.3 Å². The van der Waals surface area contributed by atoms with Crippen molar-refractivity contribution in [2.45, 2.75) is 45.6 Å². The molecule has 1 fully saturated rings. The molecule has 1 nitrogen and oxygen atoms in total. The maximum Gasteiger partial charge on any atom is 0.0213 e. The van der Waals surface area contributed by atoms with Crippen molar-refractivity contribution in [3.63, 3.8) is 0 Å². The third kappa shape index (κ3) is 2.82. The highest BCUT2D eigenvalue weighted by molar-refractivity contribution is 7.07. The van der Waals surface area contributed by atoms with Crippen LogP contribution in [0.2, 0.25) is 0 Å². The van der Waals surface area contributed by atoms with Gasteiger partial charge in [0.1, 0.15) is 0 Å². The van der Waals surface area contributed by atoms with E-state index in [-0.39, 0.29) is 0 Å². The Hall–Kier alpha value is -0.340. The molecule has 84 valence electrons. The molecule has 1 aromatic rings. The first kappa shape index (κ1) is 11.2. The van der Waals surface area contributed by atoms with Gasteiger partial charge in [-0.1, -0.05) is 19.8 Å². The highest BCUT2D eigenvalue weighted by atomic mass is 32.1. The fourth-order valence-electron chi connectivity index (χ4n) is 2.59. The number of thiophene rings is 1. The van der Waals surface area contributed by atoms with Gasteiger partial charge in [-0.15, -0.1) is 0 Å². The quantitative estimate of drug-likeness (QED) is 0.773. The molecule has 0 unspecified atom stereocenters. The van der Waals surface area contributed by atoms with Crippen LogP contribution in [0.1, 0.15) is 44.6 Å². The molecular weight excluding hydrogens is 202 g/mol. The topological polar surface area (TPSA) is 12.0 Å². The van der Waals surface area contributed by atoms with Crippen LogP contribution in [0.15, 0.2) is 16.8 Å². The summed E-state index contributed by atoms with van der Waals surface area (Å²) >= 11 is 1.79. The molecule has 2 heteroatoms. The Morgan fingerprint density at radius 3 is 2.87 bits per heavy atom. The molecule has 0 spiro atoms. The molecule has 0 radical (unpaired) electrons. The minimum atomic E-state index is 0.658. The van der Waals surface area contributed by atoms with E-state index in [2.05, 4.69) is 29.1 Å². The van der Waals surface area contributed by atoms with E-state index in [1.165, 1.54) is 44.2 Å². The predicted octanol–water partition coefficient (Wildman–Crippen LogP) is 3.81. The first-order chi connectivity index (χ1) is 7.35. The molecule has 1 aliphatic carbocycles. The van der Waals surface area contributed by atoms with E-state index < -0.39 is 0 Å². The van der Waals surface area contributed by atoms with E-state index in [9.17, 15) is 0 Å². The van der Waals surface area contributed by atoms with Crippen LogP contribution in [0.4, 0.5) is 0 Å². The lowest BCUT2D eigenvalue weighted by atomic mass is 9.66. The molecule has 0 aromatic carbocycles. The molecule has 1 saturated carbocycles. The summed E-state index contributed by atoms with van der Waals surface area (Å²) in [5.74, 6) is 0. The molecule has 0 amide bonds. The number of hydrogen-bond donors (Lipinski definition) is 1. The lowest BCUT2D eigenvalue weighted by molar-refractivity contribution is 0.115. The van der Waals surface area contributed by atoms with Gasteiger partial charge in [0.05, 0.1) is 0 Å². The second-order valence-electron chi connectivity index (χ2n) is 4.84. The van der Waals surface area contributed by atoms with E-state index in [0.29, 0.717) is 5.41 Å². The first-order valence-electron chi connectivity index (χ1n) is 6.06. The first-order valence-corrected chi connectivity index (χ1v) is 7.01. The van der Waals surface area contributed by atoms with Gasteiger partial charge in [-0.25, -0.2) is 0 Å². The fourth-order valence-corrected chi connectivity index (χ4v) is 3.26. The average molecular weight is 223 g/mol. The van der Waals surface area contributed by atoms with Crippen molar-refractivity contribution in [1.29, 1.82) is 0 Å². The highest BCUT2D eigenvalue weighted by Gasteiger charge is 2.35. The standard InChI is InChI=1S/C13H21NS/c1-2-5-13(6-3-7-13)11-14-9-12-4-8-15-10-12/h4,8,10,14H,2-3,5-7,9,11H2,1H3. The molecule has 1 heterocycles. The molecular formula is C13H21NS. The summed E-state index contributed by atoms with van der Waals surface area (Å²) in [4.78, 5) is 0. The van der Waals surface area contributed by atoms with Crippen LogP contribution in [-0.4, -0.2) is 6.54 Å². The summed E-state index contributed by atoms with van der Waals surface area (Å²) in [5.41, 5.74) is 2.09. The molecule has 2 rings (SSSR count). The van der Waals surface area contributed by atoms with Gasteiger partial charge in [-0.05, 0) is 47.1 Å². The Kier molecular flexibility index (Phi) is 3.81. The molecule has 1 aromatic heterocycles. The fraction of sp³-hybridized carbons (Fsp3) is 0.692. The summed E-state index contributed by atoms with van der Waals surface area (Å²) in [5, 5.41) is 8.01. The normalized spacial score (nSPS) is 18.7. The number of nitrogens with one attached hydrogen (secondary N) is 1. The molecule has 0 saturated heterocycles. The molecule has 1 aliphatic rings. The number of hydrogen-bond acceptors (Lipinski definition) is 2. The van der Waals surface area contributed by atoms with Gasteiger partial charge >= 0.3 is 0 Å². The maximum absolute atomic E-state index is 3.62. The van der Waals surface area contributed by atoms with Crippen LogP contribution in [0.3, 0.4) is 0 Å². The lowest BCUT2D eigenvalue weighted by Crippen LogP contribution is -2.39. The summed E-state index contributed by atoms with van der Waals surface area (Å²) in [6, 6.07) is 2.21. The summed E-state index contributed by atoms with van der Waals surface area (Å²) < 4.78 is 0. The van der Waals surface area contributed by atoms with Gasteiger partial charge in [-0.2, -0.15) is 11.3 Å². The van der Waals surface area contributed by atoms with Gasteiger partial charge in [0, 0.05) is 13.1 Å². The van der Waals surface area contributed by atoms with Crippen molar-refractivity contribution in [3.8, 4) is 0 Å². The Morgan fingerprint density at radius 1 is 1.47 bits per heavy atom. The zero-order valence-electron chi connectivity index (χ0n) is 9.59. The highest BCUT2D eigenvalue weighted by Crippen LogP contribution is 2.44. The summed E-state index contributed by atoms with van der Waals surface area (Å²) in [7, 11) is 0. The Bertz CT molecular complexity index is 275. The van der Waals surface area contributed by atoms with Crippen LogP contribution in [0, 0.1) is 5.41 Å². The molecule has 0 bridgehead atoms. The van der Waals surface area contributed by atoms with Crippen molar-refractivity contribution < 1.29 is 0 Å². The van der Waals surface area contributed by atoms with E-state index >= 15 is 0 Å². The van der Waals surface area contributed by atoms with Crippen molar-refractivity contribution in [2.75, 3.05) is 6.54 Å². The molecule has 0 atom stereocenters. The van der Waals surface area contributed by atoms with Gasteiger partial charge in [0.25, 0.3) is 0 Å². The van der Waals surface area contributed by atoms with E-state index in [1.54, 1.807) is 11.3 Å². The maximum atomic E-state index is 3.62. The van der Waals surface area contributed by atoms with Gasteiger partial charge in [0.2, 0.25) is 0 Å². The van der Waals surface area contributed by atoms with E-state index in [1.807, 2.05) is 0 Å². The molecule has 15 heavy (non-hydrogen) atoms.